The number of amides is 2. The van der Waals surface area contributed by atoms with Crippen molar-refractivity contribution >= 4 is 23.2 Å². The summed E-state index contributed by atoms with van der Waals surface area (Å²) in [5.74, 6) is 0.229. The zero-order valence-electron chi connectivity index (χ0n) is 12.9. The SMILES string of the molecule is CCC(Oc1ccccc1)C(=O)N1CC(=O)Nc2ccccc21. The number of anilines is 2. The first kappa shape index (κ1) is 15.1. The Labute approximate surface area is 134 Å². The predicted molar refractivity (Wildman–Crippen MR) is 88.6 cm³/mol. The lowest BCUT2D eigenvalue weighted by Crippen LogP contribution is -2.48. The summed E-state index contributed by atoms with van der Waals surface area (Å²) in [5, 5.41) is 2.78. The van der Waals surface area contributed by atoms with E-state index in [0.29, 0.717) is 23.5 Å². The van der Waals surface area contributed by atoms with E-state index in [1.165, 1.54) is 4.90 Å². The molecule has 1 aliphatic rings. The van der Waals surface area contributed by atoms with Crippen molar-refractivity contribution in [3.8, 4) is 5.75 Å². The fourth-order valence-corrected chi connectivity index (χ4v) is 2.58. The van der Waals surface area contributed by atoms with E-state index in [2.05, 4.69) is 5.32 Å². The van der Waals surface area contributed by atoms with Crippen molar-refractivity contribution in [3.63, 3.8) is 0 Å². The average Bonchev–Trinajstić information content (AvgIpc) is 2.59. The molecule has 2 aromatic carbocycles. The topological polar surface area (TPSA) is 58.6 Å². The first-order valence-electron chi connectivity index (χ1n) is 7.61. The van der Waals surface area contributed by atoms with Crippen LogP contribution in [0.2, 0.25) is 0 Å². The highest BCUT2D eigenvalue weighted by Crippen LogP contribution is 2.30. The Morgan fingerprint density at radius 1 is 1.17 bits per heavy atom. The Hall–Kier alpha value is -2.82. The van der Waals surface area contributed by atoms with Gasteiger partial charge in [0.25, 0.3) is 5.91 Å². The second-order valence-corrected chi connectivity index (χ2v) is 5.32. The summed E-state index contributed by atoms with van der Waals surface area (Å²) in [5.41, 5.74) is 1.35. The molecule has 0 radical (unpaired) electrons. The fraction of sp³-hybridized carbons (Fsp3) is 0.222. The molecule has 1 heterocycles. The van der Waals surface area contributed by atoms with Crippen molar-refractivity contribution < 1.29 is 14.3 Å². The van der Waals surface area contributed by atoms with Crippen LogP contribution in [0, 0.1) is 0 Å². The molecule has 1 aliphatic heterocycles. The molecule has 2 amide bonds. The number of benzene rings is 2. The molecule has 1 atom stereocenters. The van der Waals surface area contributed by atoms with E-state index in [4.69, 9.17) is 4.74 Å². The maximum atomic E-state index is 12.9. The minimum absolute atomic E-state index is 0.00446. The first-order valence-corrected chi connectivity index (χ1v) is 7.61. The smallest absolute Gasteiger partial charge is 0.268 e. The van der Waals surface area contributed by atoms with Crippen LogP contribution in [0.4, 0.5) is 11.4 Å². The second-order valence-electron chi connectivity index (χ2n) is 5.32. The molecule has 5 nitrogen and oxygen atoms in total. The molecule has 1 unspecified atom stereocenters. The summed E-state index contributed by atoms with van der Waals surface area (Å²) < 4.78 is 5.81. The number of carbonyl (C=O) groups is 2. The highest BCUT2D eigenvalue weighted by atomic mass is 16.5. The van der Waals surface area contributed by atoms with Gasteiger partial charge in [0.1, 0.15) is 12.3 Å². The molecule has 0 fully saturated rings. The number of nitrogens with zero attached hydrogens (tertiary/aromatic N) is 1. The Morgan fingerprint density at radius 3 is 2.61 bits per heavy atom. The number of hydrogen-bond acceptors (Lipinski definition) is 3. The van der Waals surface area contributed by atoms with Crippen molar-refractivity contribution in [2.75, 3.05) is 16.8 Å². The first-order chi connectivity index (χ1) is 11.2. The Kier molecular flexibility index (Phi) is 4.28. The summed E-state index contributed by atoms with van der Waals surface area (Å²) in [6, 6.07) is 16.5. The van der Waals surface area contributed by atoms with Crippen LogP contribution in [-0.4, -0.2) is 24.5 Å². The fourth-order valence-electron chi connectivity index (χ4n) is 2.58. The van der Waals surface area contributed by atoms with E-state index in [1.807, 2.05) is 55.5 Å². The zero-order valence-corrected chi connectivity index (χ0v) is 12.9. The van der Waals surface area contributed by atoms with Crippen LogP contribution >= 0.6 is 0 Å². The van der Waals surface area contributed by atoms with Crippen molar-refractivity contribution in [2.24, 2.45) is 0 Å². The third kappa shape index (κ3) is 3.18. The molecular weight excluding hydrogens is 292 g/mol. The van der Waals surface area contributed by atoms with E-state index in [9.17, 15) is 9.59 Å². The number of ether oxygens (including phenoxy) is 1. The van der Waals surface area contributed by atoms with Gasteiger partial charge >= 0.3 is 0 Å². The van der Waals surface area contributed by atoms with Crippen LogP contribution in [0.25, 0.3) is 0 Å². The van der Waals surface area contributed by atoms with Gasteiger partial charge in [-0.25, -0.2) is 0 Å². The van der Waals surface area contributed by atoms with Crippen LogP contribution in [0.3, 0.4) is 0 Å². The van der Waals surface area contributed by atoms with Gasteiger partial charge in [-0.1, -0.05) is 37.3 Å². The van der Waals surface area contributed by atoms with E-state index in [0.717, 1.165) is 0 Å². The third-order valence-electron chi connectivity index (χ3n) is 3.70. The molecule has 0 aromatic heterocycles. The van der Waals surface area contributed by atoms with Crippen molar-refractivity contribution in [1.82, 2.24) is 0 Å². The van der Waals surface area contributed by atoms with Gasteiger partial charge in [0.15, 0.2) is 6.10 Å². The maximum absolute atomic E-state index is 12.9. The number of para-hydroxylation sites is 3. The molecule has 0 spiro atoms. The summed E-state index contributed by atoms with van der Waals surface area (Å²) in [6.07, 6.45) is -0.107. The molecule has 5 heteroatoms. The largest absolute Gasteiger partial charge is 0.481 e. The van der Waals surface area contributed by atoms with Gasteiger partial charge in [-0.2, -0.15) is 0 Å². The standard InChI is InChI=1S/C18H18N2O3/c1-2-16(23-13-8-4-3-5-9-13)18(22)20-12-17(21)19-14-10-6-7-11-15(14)20/h3-11,16H,2,12H2,1H3,(H,19,21). The van der Waals surface area contributed by atoms with E-state index < -0.39 is 6.10 Å². The Bertz CT molecular complexity index is 715. The van der Waals surface area contributed by atoms with Crippen LogP contribution in [0.5, 0.6) is 5.75 Å². The molecule has 0 saturated heterocycles. The van der Waals surface area contributed by atoms with E-state index in [1.54, 1.807) is 6.07 Å². The van der Waals surface area contributed by atoms with Crippen LogP contribution < -0.4 is 15.0 Å². The molecule has 3 rings (SSSR count). The summed E-state index contributed by atoms with van der Waals surface area (Å²) >= 11 is 0. The summed E-state index contributed by atoms with van der Waals surface area (Å²) in [4.78, 5) is 26.2. The average molecular weight is 310 g/mol. The maximum Gasteiger partial charge on any atom is 0.268 e. The molecule has 2 aromatic rings. The van der Waals surface area contributed by atoms with Gasteiger partial charge in [-0.15, -0.1) is 0 Å². The van der Waals surface area contributed by atoms with Gasteiger partial charge in [0.05, 0.1) is 11.4 Å². The van der Waals surface area contributed by atoms with E-state index >= 15 is 0 Å². The number of nitrogens with one attached hydrogen (secondary N) is 1. The van der Waals surface area contributed by atoms with Gasteiger partial charge in [-0.05, 0) is 30.7 Å². The molecule has 118 valence electrons. The zero-order chi connectivity index (χ0) is 16.2. The van der Waals surface area contributed by atoms with Crippen molar-refractivity contribution in [1.29, 1.82) is 0 Å². The minimum Gasteiger partial charge on any atom is -0.481 e. The second kappa shape index (κ2) is 6.52. The lowest BCUT2D eigenvalue weighted by molar-refractivity contribution is -0.127. The molecule has 0 aliphatic carbocycles. The van der Waals surface area contributed by atoms with Gasteiger partial charge in [-0.3, -0.25) is 14.5 Å². The highest BCUT2D eigenvalue weighted by Gasteiger charge is 2.31. The molecule has 0 bridgehead atoms. The predicted octanol–water partition coefficient (Wildman–Crippen LogP) is 2.83. The van der Waals surface area contributed by atoms with Crippen LogP contribution in [-0.2, 0) is 9.59 Å². The van der Waals surface area contributed by atoms with Crippen LogP contribution in [0.15, 0.2) is 54.6 Å². The van der Waals surface area contributed by atoms with Gasteiger partial charge in [0, 0.05) is 0 Å². The lowest BCUT2D eigenvalue weighted by Gasteiger charge is -2.31. The quantitative estimate of drug-likeness (QED) is 0.944. The Morgan fingerprint density at radius 2 is 1.87 bits per heavy atom. The summed E-state index contributed by atoms with van der Waals surface area (Å²) in [6.45, 7) is 1.89. The molecule has 1 N–H and O–H groups in total. The van der Waals surface area contributed by atoms with Gasteiger partial charge in [0.2, 0.25) is 5.91 Å². The highest BCUT2D eigenvalue weighted by molar-refractivity contribution is 6.11. The number of rotatable bonds is 4. The number of fused-ring (bicyclic) bond motifs is 1. The normalized spacial score (nSPS) is 14.7. The monoisotopic (exact) mass is 310 g/mol. The Balaban J connectivity index is 1.85. The van der Waals surface area contributed by atoms with Crippen LogP contribution in [0.1, 0.15) is 13.3 Å². The minimum atomic E-state index is -0.628. The lowest BCUT2D eigenvalue weighted by atomic mass is 10.1. The van der Waals surface area contributed by atoms with E-state index in [-0.39, 0.29) is 18.4 Å². The molecular formula is C18H18N2O3. The molecule has 0 saturated carbocycles. The number of carbonyl (C=O) groups excluding carboxylic acids is 2. The van der Waals surface area contributed by atoms with Crippen molar-refractivity contribution in [3.05, 3.63) is 54.6 Å². The van der Waals surface area contributed by atoms with Gasteiger partial charge < -0.3 is 10.1 Å². The van der Waals surface area contributed by atoms with Crippen molar-refractivity contribution in [2.45, 2.75) is 19.4 Å². The summed E-state index contributed by atoms with van der Waals surface area (Å²) in [7, 11) is 0. The molecule has 23 heavy (non-hydrogen) atoms. The number of hydrogen-bond donors (Lipinski definition) is 1. The third-order valence-corrected chi connectivity index (χ3v) is 3.70.